The third-order valence-electron chi connectivity index (χ3n) is 4.95. The predicted octanol–water partition coefficient (Wildman–Crippen LogP) is 2.70. The second kappa shape index (κ2) is 10.8. The van der Waals surface area contributed by atoms with Crippen molar-refractivity contribution in [3.8, 4) is 11.5 Å². The van der Waals surface area contributed by atoms with Gasteiger partial charge in [0.15, 0.2) is 0 Å². The number of amides is 2. The zero-order valence-corrected chi connectivity index (χ0v) is 16.5. The standard InChI is InChI=1S/C20H30N2O5/c1-25-13-10-20(24)22-11-8-15(9-12-22)4-7-19(23)21-17-6-5-16(26-2)14-18(17)27-3/h5-6,14-15H,4,7-13H2,1-3H3,(H,21,23). The van der Waals surface area contributed by atoms with Crippen molar-refractivity contribution in [2.24, 2.45) is 5.92 Å². The third-order valence-corrected chi connectivity index (χ3v) is 4.95. The molecule has 2 rings (SSSR count). The van der Waals surface area contributed by atoms with Gasteiger partial charge in [-0.1, -0.05) is 0 Å². The number of ether oxygens (including phenoxy) is 3. The molecule has 1 aromatic rings. The monoisotopic (exact) mass is 378 g/mol. The molecule has 1 saturated heterocycles. The van der Waals surface area contributed by atoms with Crippen LogP contribution in [0.3, 0.4) is 0 Å². The first-order valence-electron chi connectivity index (χ1n) is 9.36. The van der Waals surface area contributed by atoms with Gasteiger partial charge in [-0.05, 0) is 37.3 Å². The van der Waals surface area contributed by atoms with Gasteiger partial charge in [0.2, 0.25) is 11.8 Å². The summed E-state index contributed by atoms with van der Waals surface area (Å²) in [4.78, 5) is 26.2. The van der Waals surface area contributed by atoms with E-state index >= 15 is 0 Å². The summed E-state index contributed by atoms with van der Waals surface area (Å²) in [7, 11) is 4.75. The highest BCUT2D eigenvalue weighted by atomic mass is 16.5. The van der Waals surface area contributed by atoms with Crippen molar-refractivity contribution in [3.63, 3.8) is 0 Å². The van der Waals surface area contributed by atoms with Gasteiger partial charge in [-0.2, -0.15) is 0 Å². The Hall–Kier alpha value is -2.28. The van der Waals surface area contributed by atoms with Crippen molar-refractivity contribution < 1.29 is 23.8 Å². The Morgan fingerprint density at radius 1 is 1.11 bits per heavy atom. The average Bonchev–Trinajstić information content (AvgIpc) is 2.71. The normalized spacial score (nSPS) is 14.7. The van der Waals surface area contributed by atoms with Gasteiger partial charge in [0.05, 0.1) is 32.9 Å². The fourth-order valence-corrected chi connectivity index (χ4v) is 3.27. The molecule has 0 aromatic heterocycles. The lowest BCUT2D eigenvalue weighted by Crippen LogP contribution is -2.39. The van der Waals surface area contributed by atoms with Crippen molar-refractivity contribution in [2.75, 3.05) is 46.3 Å². The fourth-order valence-electron chi connectivity index (χ4n) is 3.27. The molecular formula is C20H30N2O5. The van der Waals surface area contributed by atoms with Crippen molar-refractivity contribution in [2.45, 2.75) is 32.1 Å². The topological polar surface area (TPSA) is 77.1 Å². The first-order valence-corrected chi connectivity index (χ1v) is 9.36. The van der Waals surface area contributed by atoms with Gasteiger partial charge in [0.25, 0.3) is 0 Å². The summed E-state index contributed by atoms with van der Waals surface area (Å²) in [5.41, 5.74) is 0.641. The van der Waals surface area contributed by atoms with Gasteiger partial charge in [-0.25, -0.2) is 0 Å². The highest BCUT2D eigenvalue weighted by molar-refractivity contribution is 5.92. The second-order valence-electron chi connectivity index (χ2n) is 6.72. The molecule has 150 valence electrons. The summed E-state index contributed by atoms with van der Waals surface area (Å²) in [6, 6.07) is 5.31. The highest BCUT2D eigenvalue weighted by Crippen LogP contribution is 2.29. The first kappa shape index (κ1) is 21.0. The van der Waals surface area contributed by atoms with E-state index in [1.165, 1.54) is 0 Å². The lowest BCUT2D eigenvalue weighted by molar-refractivity contribution is -0.133. The largest absolute Gasteiger partial charge is 0.497 e. The summed E-state index contributed by atoms with van der Waals surface area (Å²) in [6.07, 6.45) is 3.60. The molecule has 1 heterocycles. The molecule has 0 spiro atoms. The molecule has 0 unspecified atom stereocenters. The summed E-state index contributed by atoms with van der Waals surface area (Å²) in [5.74, 6) is 1.85. The van der Waals surface area contributed by atoms with Crippen LogP contribution in [0.25, 0.3) is 0 Å². The van der Waals surface area contributed by atoms with E-state index in [-0.39, 0.29) is 11.8 Å². The lowest BCUT2D eigenvalue weighted by Gasteiger charge is -2.32. The van der Waals surface area contributed by atoms with E-state index in [0.717, 1.165) is 32.4 Å². The Bertz CT molecular complexity index is 627. The number of methoxy groups -OCH3 is 3. The lowest BCUT2D eigenvalue weighted by atomic mass is 9.92. The van der Waals surface area contributed by atoms with Crippen LogP contribution < -0.4 is 14.8 Å². The van der Waals surface area contributed by atoms with Crippen LogP contribution in [0.2, 0.25) is 0 Å². The molecule has 0 aliphatic carbocycles. The number of anilines is 1. The van der Waals surface area contributed by atoms with E-state index in [1.54, 1.807) is 39.5 Å². The quantitative estimate of drug-likeness (QED) is 0.715. The third kappa shape index (κ3) is 6.43. The number of benzene rings is 1. The number of likely N-dealkylation sites (tertiary alicyclic amines) is 1. The molecule has 7 nitrogen and oxygen atoms in total. The second-order valence-corrected chi connectivity index (χ2v) is 6.72. The fraction of sp³-hybridized carbons (Fsp3) is 0.600. The Kier molecular flexibility index (Phi) is 8.39. The molecule has 1 fully saturated rings. The zero-order valence-electron chi connectivity index (χ0n) is 16.5. The van der Waals surface area contributed by atoms with Crippen LogP contribution in [0, 0.1) is 5.92 Å². The predicted molar refractivity (Wildman–Crippen MR) is 103 cm³/mol. The SMILES string of the molecule is COCCC(=O)N1CCC(CCC(=O)Nc2ccc(OC)cc2OC)CC1. The molecule has 1 N–H and O–H groups in total. The molecule has 27 heavy (non-hydrogen) atoms. The van der Waals surface area contributed by atoms with E-state index in [2.05, 4.69) is 5.32 Å². The number of hydrogen-bond acceptors (Lipinski definition) is 5. The van der Waals surface area contributed by atoms with Crippen molar-refractivity contribution in [3.05, 3.63) is 18.2 Å². The molecule has 2 amide bonds. The molecule has 0 radical (unpaired) electrons. The molecule has 1 aliphatic rings. The Morgan fingerprint density at radius 3 is 2.48 bits per heavy atom. The van der Waals surface area contributed by atoms with Gasteiger partial charge >= 0.3 is 0 Å². The van der Waals surface area contributed by atoms with E-state index in [0.29, 0.717) is 42.6 Å². The molecule has 0 atom stereocenters. The van der Waals surface area contributed by atoms with Crippen LogP contribution in [0.1, 0.15) is 32.1 Å². The van der Waals surface area contributed by atoms with Crippen LogP contribution >= 0.6 is 0 Å². The van der Waals surface area contributed by atoms with Crippen LogP contribution in [-0.2, 0) is 14.3 Å². The highest BCUT2D eigenvalue weighted by Gasteiger charge is 2.23. The number of rotatable bonds is 9. The summed E-state index contributed by atoms with van der Waals surface area (Å²) in [6.45, 7) is 2.00. The van der Waals surface area contributed by atoms with E-state index in [9.17, 15) is 9.59 Å². The molecule has 1 aliphatic heterocycles. The summed E-state index contributed by atoms with van der Waals surface area (Å²) < 4.78 is 15.4. The molecular weight excluding hydrogens is 348 g/mol. The van der Waals surface area contributed by atoms with Crippen molar-refractivity contribution in [1.82, 2.24) is 4.90 Å². The Balaban J connectivity index is 1.74. The minimum absolute atomic E-state index is 0.0305. The number of nitrogens with zero attached hydrogens (tertiary/aromatic N) is 1. The summed E-state index contributed by atoms with van der Waals surface area (Å²) in [5, 5.41) is 2.90. The van der Waals surface area contributed by atoms with Gasteiger partial charge in [-0.15, -0.1) is 0 Å². The average molecular weight is 378 g/mol. The maximum absolute atomic E-state index is 12.3. The van der Waals surface area contributed by atoms with Gasteiger partial charge < -0.3 is 24.4 Å². The minimum atomic E-state index is -0.0305. The number of piperidine rings is 1. The van der Waals surface area contributed by atoms with Crippen LogP contribution in [0.15, 0.2) is 18.2 Å². The smallest absolute Gasteiger partial charge is 0.224 e. The van der Waals surface area contributed by atoms with Crippen LogP contribution in [0.5, 0.6) is 11.5 Å². The molecule has 0 saturated carbocycles. The minimum Gasteiger partial charge on any atom is -0.497 e. The Labute approximate surface area is 161 Å². The van der Waals surface area contributed by atoms with Crippen molar-refractivity contribution >= 4 is 17.5 Å². The molecule has 0 bridgehead atoms. The maximum Gasteiger partial charge on any atom is 0.224 e. The van der Waals surface area contributed by atoms with Gasteiger partial charge in [0.1, 0.15) is 11.5 Å². The van der Waals surface area contributed by atoms with Gasteiger partial charge in [0, 0.05) is 32.7 Å². The molecule has 1 aromatic carbocycles. The number of nitrogens with one attached hydrogen (secondary N) is 1. The van der Waals surface area contributed by atoms with E-state index in [4.69, 9.17) is 14.2 Å². The maximum atomic E-state index is 12.3. The van der Waals surface area contributed by atoms with E-state index < -0.39 is 0 Å². The number of hydrogen-bond donors (Lipinski definition) is 1. The van der Waals surface area contributed by atoms with Crippen LogP contribution in [-0.4, -0.2) is 57.7 Å². The van der Waals surface area contributed by atoms with Crippen LogP contribution in [0.4, 0.5) is 5.69 Å². The zero-order chi connectivity index (χ0) is 19.6. The van der Waals surface area contributed by atoms with E-state index in [1.807, 2.05) is 4.90 Å². The summed E-state index contributed by atoms with van der Waals surface area (Å²) >= 11 is 0. The number of carbonyl (C=O) groups excluding carboxylic acids is 2. The number of carbonyl (C=O) groups is 2. The Morgan fingerprint density at radius 2 is 1.85 bits per heavy atom. The molecule has 7 heteroatoms. The van der Waals surface area contributed by atoms with Crippen molar-refractivity contribution in [1.29, 1.82) is 0 Å². The van der Waals surface area contributed by atoms with Gasteiger partial charge in [-0.3, -0.25) is 9.59 Å². The first-order chi connectivity index (χ1) is 13.1.